The van der Waals surface area contributed by atoms with Crippen molar-refractivity contribution in [3.05, 3.63) is 34.1 Å². The molecule has 0 spiro atoms. The molecule has 110 valence electrons. The quantitative estimate of drug-likeness (QED) is 0.620. The van der Waals surface area contributed by atoms with Gasteiger partial charge in [-0.3, -0.25) is 16.0 Å². The number of hydrogen-bond acceptors (Lipinski definition) is 4. The molecule has 0 saturated heterocycles. The zero-order valence-electron chi connectivity index (χ0n) is 12.1. The van der Waals surface area contributed by atoms with Gasteiger partial charge in [0.15, 0.2) is 0 Å². The van der Waals surface area contributed by atoms with Gasteiger partial charge < -0.3 is 4.57 Å². The van der Waals surface area contributed by atoms with Crippen molar-refractivity contribution >= 4 is 15.9 Å². The Kier molecular flexibility index (Phi) is 4.95. The van der Waals surface area contributed by atoms with Crippen molar-refractivity contribution in [2.45, 2.75) is 39.3 Å². The van der Waals surface area contributed by atoms with Crippen LogP contribution in [-0.4, -0.2) is 19.3 Å². The molecule has 7 heteroatoms. The Labute approximate surface area is 127 Å². The first-order chi connectivity index (χ1) is 9.62. The lowest BCUT2D eigenvalue weighted by atomic mass is 10.1. The number of aryl methyl sites for hydroxylation is 3. The predicted molar refractivity (Wildman–Crippen MR) is 82.0 cm³/mol. The maximum Gasteiger partial charge on any atom is 0.0946 e. The smallest absolute Gasteiger partial charge is 0.0946 e. The van der Waals surface area contributed by atoms with E-state index >= 15 is 0 Å². The molecule has 0 radical (unpaired) electrons. The van der Waals surface area contributed by atoms with Gasteiger partial charge in [-0.1, -0.05) is 6.92 Å². The maximum atomic E-state index is 5.73. The Morgan fingerprint density at radius 3 is 2.70 bits per heavy atom. The van der Waals surface area contributed by atoms with E-state index in [-0.39, 0.29) is 6.04 Å². The van der Waals surface area contributed by atoms with E-state index in [0.717, 1.165) is 40.9 Å². The third kappa shape index (κ3) is 2.79. The summed E-state index contributed by atoms with van der Waals surface area (Å²) in [6.07, 6.45) is 5.29. The Morgan fingerprint density at radius 1 is 1.45 bits per heavy atom. The molecule has 0 aromatic carbocycles. The highest BCUT2D eigenvalue weighted by atomic mass is 79.9. The summed E-state index contributed by atoms with van der Waals surface area (Å²) in [6.45, 7) is 5.05. The molecular weight excluding hydrogens is 320 g/mol. The van der Waals surface area contributed by atoms with Crippen LogP contribution in [0.1, 0.15) is 37.0 Å². The molecule has 0 amide bonds. The zero-order valence-corrected chi connectivity index (χ0v) is 13.7. The molecular formula is C13H21BrN6. The fourth-order valence-electron chi connectivity index (χ4n) is 2.36. The Morgan fingerprint density at radius 2 is 2.20 bits per heavy atom. The summed E-state index contributed by atoms with van der Waals surface area (Å²) in [6, 6.07) is 0.00510. The molecule has 0 fully saturated rings. The lowest BCUT2D eigenvalue weighted by Gasteiger charge is -2.17. The molecule has 0 aliphatic carbocycles. The van der Waals surface area contributed by atoms with Crippen LogP contribution in [0.25, 0.3) is 0 Å². The highest BCUT2D eigenvalue weighted by Crippen LogP contribution is 2.26. The minimum atomic E-state index is 0.00510. The van der Waals surface area contributed by atoms with Crippen molar-refractivity contribution in [3.8, 4) is 0 Å². The lowest BCUT2D eigenvalue weighted by molar-refractivity contribution is 0.494. The minimum absolute atomic E-state index is 0.00510. The average molecular weight is 341 g/mol. The maximum absolute atomic E-state index is 5.73. The molecule has 3 N–H and O–H groups in total. The van der Waals surface area contributed by atoms with Gasteiger partial charge >= 0.3 is 0 Å². The molecule has 2 aromatic rings. The molecule has 0 aliphatic heterocycles. The van der Waals surface area contributed by atoms with Crippen LogP contribution in [0.2, 0.25) is 0 Å². The monoisotopic (exact) mass is 340 g/mol. The summed E-state index contributed by atoms with van der Waals surface area (Å²) in [4.78, 5) is 4.15. The number of rotatable bonds is 6. The summed E-state index contributed by atoms with van der Waals surface area (Å²) in [5.74, 6) is 5.73. The molecule has 1 unspecified atom stereocenters. The second kappa shape index (κ2) is 6.51. The van der Waals surface area contributed by atoms with Crippen LogP contribution in [0.4, 0.5) is 0 Å². The largest absolute Gasteiger partial charge is 0.336 e. The van der Waals surface area contributed by atoms with Gasteiger partial charge in [0.1, 0.15) is 0 Å². The summed E-state index contributed by atoms with van der Waals surface area (Å²) in [5, 5.41) is 4.62. The fourth-order valence-corrected chi connectivity index (χ4v) is 3.08. The molecule has 2 heterocycles. The van der Waals surface area contributed by atoms with E-state index in [1.54, 1.807) is 6.33 Å². The van der Waals surface area contributed by atoms with Gasteiger partial charge in [-0.05, 0) is 29.3 Å². The topological polar surface area (TPSA) is 73.7 Å². The van der Waals surface area contributed by atoms with Crippen LogP contribution in [-0.2, 0) is 26.4 Å². The van der Waals surface area contributed by atoms with Crippen LogP contribution < -0.4 is 11.3 Å². The first kappa shape index (κ1) is 15.2. The van der Waals surface area contributed by atoms with Gasteiger partial charge in [0.05, 0.1) is 33.9 Å². The van der Waals surface area contributed by atoms with Gasteiger partial charge in [-0.25, -0.2) is 4.98 Å². The number of nitrogens with two attached hydrogens (primary N) is 1. The van der Waals surface area contributed by atoms with E-state index in [4.69, 9.17) is 5.84 Å². The van der Waals surface area contributed by atoms with Gasteiger partial charge in [-0.15, -0.1) is 0 Å². The van der Waals surface area contributed by atoms with Crippen molar-refractivity contribution in [2.75, 3.05) is 0 Å². The number of hydrazine groups is 1. The summed E-state index contributed by atoms with van der Waals surface area (Å²) in [5.41, 5.74) is 6.18. The van der Waals surface area contributed by atoms with Crippen LogP contribution in [0, 0.1) is 0 Å². The van der Waals surface area contributed by atoms with Crippen LogP contribution in [0.15, 0.2) is 17.0 Å². The van der Waals surface area contributed by atoms with E-state index in [9.17, 15) is 0 Å². The number of aromatic nitrogens is 4. The summed E-state index contributed by atoms with van der Waals surface area (Å²) in [7, 11) is 1.97. The standard InChI is InChI=1S/C13H21BrN6/c1-4-9-13(14)11(20(5-2)18-9)6-10(17-15)12-7-16-8-19(12)3/h7-8,10,17H,4-6,15H2,1-3H3. The third-order valence-corrected chi connectivity index (χ3v) is 4.42. The van der Waals surface area contributed by atoms with E-state index in [1.165, 1.54) is 0 Å². The minimum Gasteiger partial charge on any atom is -0.336 e. The number of nitrogens with zero attached hydrogens (tertiary/aromatic N) is 4. The fraction of sp³-hybridized carbons (Fsp3) is 0.538. The molecule has 2 aromatic heterocycles. The first-order valence-electron chi connectivity index (χ1n) is 6.78. The summed E-state index contributed by atoms with van der Waals surface area (Å²) < 4.78 is 5.10. The van der Waals surface area contributed by atoms with E-state index in [2.05, 4.69) is 45.3 Å². The van der Waals surface area contributed by atoms with Gasteiger partial charge in [0.2, 0.25) is 0 Å². The lowest BCUT2D eigenvalue weighted by Crippen LogP contribution is -2.31. The molecule has 0 saturated carbocycles. The van der Waals surface area contributed by atoms with Crippen LogP contribution >= 0.6 is 15.9 Å². The van der Waals surface area contributed by atoms with Crippen molar-refractivity contribution in [1.29, 1.82) is 0 Å². The van der Waals surface area contributed by atoms with Crippen molar-refractivity contribution < 1.29 is 0 Å². The molecule has 6 nitrogen and oxygen atoms in total. The molecule has 1 atom stereocenters. The van der Waals surface area contributed by atoms with Crippen molar-refractivity contribution in [1.82, 2.24) is 24.8 Å². The second-order valence-corrected chi connectivity index (χ2v) is 5.52. The highest BCUT2D eigenvalue weighted by molar-refractivity contribution is 9.10. The Bertz CT molecular complexity index is 573. The van der Waals surface area contributed by atoms with Crippen LogP contribution in [0.3, 0.4) is 0 Å². The zero-order chi connectivity index (χ0) is 14.7. The molecule has 0 aliphatic rings. The number of hydrogen-bond donors (Lipinski definition) is 2. The number of nitrogens with one attached hydrogen (secondary N) is 1. The highest BCUT2D eigenvalue weighted by Gasteiger charge is 2.20. The SMILES string of the molecule is CCc1nn(CC)c(CC(NN)c2cncn2C)c1Br. The molecule has 0 bridgehead atoms. The van der Waals surface area contributed by atoms with E-state index in [0.29, 0.717) is 0 Å². The van der Waals surface area contributed by atoms with Crippen LogP contribution in [0.5, 0.6) is 0 Å². The van der Waals surface area contributed by atoms with Crippen molar-refractivity contribution in [2.24, 2.45) is 12.9 Å². The molecule has 2 rings (SSSR count). The average Bonchev–Trinajstić information content (AvgIpc) is 3.00. The van der Waals surface area contributed by atoms with Gasteiger partial charge in [-0.2, -0.15) is 5.10 Å². The normalized spacial score (nSPS) is 12.8. The number of imidazole rings is 1. The first-order valence-corrected chi connectivity index (χ1v) is 7.58. The Hall–Kier alpha value is -1.18. The van der Waals surface area contributed by atoms with E-state index < -0.39 is 0 Å². The van der Waals surface area contributed by atoms with Gasteiger partial charge in [0.25, 0.3) is 0 Å². The summed E-state index contributed by atoms with van der Waals surface area (Å²) >= 11 is 3.67. The predicted octanol–water partition coefficient (Wildman–Crippen LogP) is 1.71. The van der Waals surface area contributed by atoms with Gasteiger partial charge in [0, 0.05) is 26.2 Å². The second-order valence-electron chi connectivity index (χ2n) is 4.73. The third-order valence-electron chi connectivity index (χ3n) is 3.50. The van der Waals surface area contributed by atoms with Crippen molar-refractivity contribution in [3.63, 3.8) is 0 Å². The van der Waals surface area contributed by atoms with E-state index in [1.807, 2.05) is 22.5 Å². The Balaban J connectivity index is 2.32. The molecule has 20 heavy (non-hydrogen) atoms. The number of halogens is 1.